The number of anilines is 2. The molecule has 0 saturated carbocycles. The van der Waals surface area contributed by atoms with Gasteiger partial charge >= 0.3 is 0 Å². The highest BCUT2D eigenvalue weighted by atomic mass is 16.5. The van der Waals surface area contributed by atoms with Gasteiger partial charge in [-0.3, -0.25) is 0 Å². The number of aromatic nitrogens is 4. The first-order valence-corrected chi connectivity index (χ1v) is 8.35. The molecule has 0 spiro atoms. The topological polar surface area (TPSA) is 64.3 Å². The van der Waals surface area contributed by atoms with Gasteiger partial charge in [-0.05, 0) is 26.0 Å². The molecule has 0 bridgehead atoms. The van der Waals surface area contributed by atoms with Crippen molar-refractivity contribution in [3.05, 3.63) is 65.9 Å². The third-order valence-electron chi connectivity index (χ3n) is 4.09. The van der Waals surface area contributed by atoms with Crippen molar-refractivity contribution in [1.82, 2.24) is 19.6 Å². The van der Waals surface area contributed by atoms with Crippen molar-refractivity contribution in [2.75, 3.05) is 12.4 Å². The number of hydrogen-bond donors (Lipinski definition) is 1. The molecule has 6 heteroatoms. The SMILES string of the molecule is COc1cccc(Nc2cc(C)nc3nc(-c4ccc(C)cc4)nn23)c1. The van der Waals surface area contributed by atoms with Gasteiger partial charge in [-0.1, -0.05) is 35.9 Å². The number of methoxy groups -OCH3 is 1. The number of nitrogens with one attached hydrogen (secondary N) is 1. The van der Waals surface area contributed by atoms with Gasteiger partial charge in [-0.25, -0.2) is 4.98 Å². The van der Waals surface area contributed by atoms with Crippen molar-refractivity contribution >= 4 is 17.3 Å². The Morgan fingerprint density at radius 2 is 1.77 bits per heavy atom. The van der Waals surface area contributed by atoms with Crippen molar-refractivity contribution < 1.29 is 4.74 Å². The summed E-state index contributed by atoms with van der Waals surface area (Å²) in [5.41, 5.74) is 3.94. The first-order valence-electron chi connectivity index (χ1n) is 8.35. The van der Waals surface area contributed by atoms with Crippen LogP contribution >= 0.6 is 0 Å². The quantitative estimate of drug-likeness (QED) is 0.602. The Morgan fingerprint density at radius 1 is 0.962 bits per heavy atom. The van der Waals surface area contributed by atoms with E-state index in [1.165, 1.54) is 5.56 Å². The largest absolute Gasteiger partial charge is 0.497 e. The number of benzene rings is 2. The van der Waals surface area contributed by atoms with Crippen LogP contribution in [-0.2, 0) is 0 Å². The average Bonchev–Trinajstić information content (AvgIpc) is 3.06. The van der Waals surface area contributed by atoms with Crippen molar-refractivity contribution in [3.8, 4) is 17.1 Å². The second-order valence-corrected chi connectivity index (χ2v) is 6.15. The molecule has 2 aromatic heterocycles. The van der Waals surface area contributed by atoms with E-state index in [0.29, 0.717) is 11.6 Å². The van der Waals surface area contributed by atoms with Gasteiger partial charge in [-0.2, -0.15) is 9.50 Å². The zero-order chi connectivity index (χ0) is 18.1. The van der Waals surface area contributed by atoms with E-state index in [4.69, 9.17) is 4.74 Å². The van der Waals surface area contributed by atoms with Crippen LogP contribution in [0.5, 0.6) is 5.75 Å². The minimum absolute atomic E-state index is 0.561. The van der Waals surface area contributed by atoms with Crippen molar-refractivity contribution in [3.63, 3.8) is 0 Å². The first kappa shape index (κ1) is 16.1. The molecule has 6 nitrogen and oxygen atoms in total. The van der Waals surface area contributed by atoms with Gasteiger partial charge in [-0.15, -0.1) is 5.10 Å². The van der Waals surface area contributed by atoms with E-state index in [0.717, 1.165) is 28.5 Å². The first-order chi connectivity index (χ1) is 12.6. The van der Waals surface area contributed by atoms with Crippen LogP contribution in [0.1, 0.15) is 11.3 Å². The summed E-state index contributed by atoms with van der Waals surface area (Å²) in [4.78, 5) is 9.09. The Morgan fingerprint density at radius 3 is 2.54 bits per heavy atom. The van der Waals surface area contributed by atoms with Gasteiger partial charge in [0.2, 0.25) is 0 Å². The molecule has 0 saturated heterocycles. The molecule has 0 aliphatic carbocycles. The molecular weight excluding hydrogens is 326 g/mol. The molecule has 0 fully saturated rings. The van der Waals surface area contributed by atoms with Gasteiger partial charge < -0.3 is 10.1 Å². The van der Waals surface area contributed by atoms with E-state index in [1.54, 1.807) is 11.6 Å². The average molecular weight is 345 g/mol. The number of nitrogens with zero attached hydrogens (tertiary/aromatic N) is 4. The number of aryl methyl sites for hydroxylation is 2. The molecule has 4 rings (SSSR count). The molecule has 0 atom stereocenters. The summed E-state index contributed by atoms with van der Waals surface area (Å²) in [6, 6.07) is 17.8. The highest BCUT2D eigenvalue weighted by Crippen LogP contribution is 2.23. The minimum Gasteiger partial charge on any atom is -0.497 e. The maximum atomic E-state index is 5.29. The zero-order valence-electron chi connectivity index (χ0n) is 14.9. The van der Waals surface area contributed by atoms with E-state index >= 15 is 0 Å². The van der Waals surface area contributed by atoms with Crippen molar-refractivity contribution in [1.29, 1.82) is 0 Å². The maximum absolute atomic E-state index is 5.29. The molecule has 0 aliphatic heterocycles. The van der Waals surface area contributed by atoms with E-state index in [-0.39, 0.29) is 0 Å². The van der Waals surface area contributed by atoms with E-state index in [9.17, 15) is 0 Å². The maximum Gasteiger partial charge on any atom is 0.254 e. The molecule has 2 heterocycles. The second-order valence-electron chi connectivity index (χ2n) is 6.15. The normalized spacial score (nSPS) is 10.9. The van der Waals surface area contributed by atoms with Crippen LogP contribution in [-0.4, -0.2) is 26.7 Å². The van der Waals surface area contributed by atoms with E-state index in [2.05, 4.69) is 39.4 Å². The van der Waals surface area contributed by atoms with Gasteiger partial charge in [0.15, 0.2) is 5.82 Å². The second kappa shape index (κ2) is 6.48. The van der Waals surface area contributed by atoms with Crippen molar-refractivity contribution in [2.45, 2.75) is 13.8 Å². The molecule has 2 aromatic carbocycles. The Hall–Kier alpha value is -3.41. The highest BCUT2D eigenvalue weighted by molar-refractivity contribution is 5.63. The Kier molecular flexibility index (Phi) is 4.01. The van der Waals surface area contributed by atoms with Gasteiger partial charge in [0.05, 0.1) is 7.11 Å². The van der Waals surface area contributed by atoms with Crippen LogP contribution in [0.3, 0.4) is 0 Å². The summed E-state index contributed by atoms with van der Waals surface area (Å²) in [6.45, 7) is 4.00. The number of ether oxygens (including phenoxy) is 1. The van der Waals surface area contributed by atoms with Crippen LogP contribution in [0, 0.1) is 13.8 Å². The zero-order valence-corrected chi connectivity index (χ0v) is 14.9. The fraction of sp³-hybridized carbons (Fsp3) is 0.150. The molecule has 26 heavy (non-hydrogen) atoms. The van der Waals surface area contributed by atoms with Crippen LogP contribution in [0.4, 0.5) is 11.5 Å². The predicted molar refractivity (Wildman–Crippen MR) is 102 cm³/mol. The van der Waals surface area contributed by atoms with E-state index in [1.807, 2.05) is 49.4 Å². The van der Waals surface area contributed by atoms with Crippen LogP contribution in [0.2, 0.25) is 0 Å². The summed E-state index contributed by atoms with van der Waals surface area (Å²) >= 11 is 0. The minimum atomic E-state index is 0.561. The van der Waals surface area contributed by atoms with Gasteiger partial charge in [0.1, 0.15) is 11.6 Å². The summed E-state index contributed by atoms with van der Waals surface area (Å²) in [5.74, 6) is 2.80. The summed E-state index contributed by atoms with van der Waals surface area (Å²) in [5, 5.41) is 8.02. The third-order valence-corrected chi connectivity index (χ3v) is 4.09. The van der Waals surface area contributed by atoms with Crippen molar-refractivity contribution in [2.24, 2.45) is 0 Å². The molecule has 0 amide bonds. The van der Waals surface area contributed by atoms with Crippen LogP contribution < -0.4 is 10.1 Å². The third kappa shape index (κ3) is 3.09. The number of rotatable bonds is 4. The molecule has 0 aliphatic rings. The molecular formula is C20H19N5O. The Balaban J connectivity index is 1.77. The molecule has 130 valence electrons. The van der Waals surface area contributed by atoms with E-state index < -0.39 is 0 Å². The number of hydrogen-bond acceptors (Lipinski definition) is 5. The molecule has 1 N–H and O–H groups in total. The standard InChI is InChI=1S/C20H19N5O/c1-13-7-9-15(10-8-13)19-23-20-21-14(2)11-18(25(20)24-19)22-16-5-4-6-17(12-16)26-3/h4-12,22H,1-3H3. The fourth-order valence-electron chi connectivity index (χ4n) is 2.75. The number of fused-ring (bicyclic) bond motifs is 1. The summed E-state index contributed by atoms with van der Waals surface area (Å²) < 4.78 is 7.01. The Labute approximate surface area is 151 Å². The van der Waals surface area contributed by atoms with Crippen LogP contribution in [0.25, 0.3) is 17.2 Å². The molecule has 0 radical (unpaired) electrons. The lowest BCUT2D eigenvalue weighted by Gasteiger charge is -2.09. The molecule has 0 unspecified atom stereocenters. The van der Waals surface area contributed by atoms with Gasteiger partial charge in [0, 0.05) is 29.1 Å². The lowest BCUT2D eigenvalue weighted by atomic mass is 10.1. The Bertz CT molecular complexity index is 1070. The predicted octanol–water partition coefficient (Wildman–Crippen LogP) is 4.16. The van der Waals surface area contributed by atoms with Gasteiger partial charge in [0.25, 0.3) is 5.78 Å². The smallest absolute Gasteiger partial charge is 0.254 e. The fourth-order valence-corrected chi connectivity index (χ4v) is 2.75. The highest BCUT2D eigenvalue weighted by Gasteiger charge is 2.12. The lowest BCUT2D eigenvalue weighted by molar-refractivity contribution is 0.415. The summed E-state index contributed by atoms with van der Waals surface area (Å²) in [6.07, 6.45) is 0. The monoisotopic (exact) mass is 345 g/mol. The van der Waals surface area contributed by atoms with Crippen LogP contribution in [0.15, 0.2) is 54.6 Å². The summed E-state index contributed by atoms with van der Waals surface area (Å²) in [7, 11) is 1.65. The lowest BCUT2D eigenvalue weighted by Crippen LogP contribution is -2.02. The molecule has 4 aromatic rings.